The van der Waals surface area contributed by atoms with Crippen LogP contribution in [0.2, 0.25) is 0 Å². The van der Waals surface area contributed by atoms with E-state index in [2.05, 4.69) is 19.2 Å². The van der Waals surface area contributed by atoms with Gasteiger partial charge in [-0.3, -0.25) is 0 Å². The molecule has 1 aliphatic carbocycles. The summed E-state index contributed by atoms with van der Waals surface area (Å²) in [6.45, 7) is 5.16. The minimum Gasteiger partial charge on any atom is -0.504 e. The molecule has 3 nitrogen and oxygen atoms in total. The van der Waals surface area contributed by atoms with Gasteiger partial charge in [0, 0.05) is 18.2 Å². The molecule has 1 saturated carbocycles. The SMILES string of the molecule is CC1(C)CCCC1NCc1cccc(O)c1O. The first-order valence-electron chi connectivity index (χ1n) is 6.24. The topological polar surface area (TPSA) is 52.5 Å². The Kier molecular flexibility index (Phi) is 3.29. The Morgan fingerprint density at radius 1 is 1.35 bits per heavy atom. The summed E-state index contributed by atoms with van der Waals surface area (Å²) in [5.41, 5.74) is 1.08. The second-order valence-electron chi connectivity index (χ2n) is 5.60. The van der Waals surface area contributed by atoms with E-state index in [1.54, 1.807) is 6.07 Å². The summed E-state index contributed by atoms with van der Waals surface area (Å²) in [6.07, 6.45) is 3.69. The highest BCUT2D eigenvalue weighted by Gasteiger charge is 2.33. The Hall–Kier alpha value is -1.22. The molecule has 0 bridgehead atoms. The maximum atomic E-state index is 9.71. The van der Waals surface area contributed by atoms with E-state index in [1.807, 2.05) is 6.07 Å². The zero-order valence-corrected chi connectivity index (χ0v) is 10.5. The number of rotatable bonds is 3. The standard InChI is InChI=1S/C14H21NO2/c1-14(2)8-4-7-12(14)15-9-10-5-3-6-11(16)13(10)17/h3,5-6,12,15-17H,4,7-9H2,1-2H3. The molecule has 1 aromatic carbocycles. The van der Waals surface area contributed by atoms with Crippen molar-refractivity contribution in [1.29, 1.82) is 0 Å². The number of hydrogen-bond donors (Lipinski definition) is 3. The van der Waals surface area contributed by atoms with Crippen LogP contribution < -0.4 is 5.32 Å². The molecule has 1 aliphatic rings. The van der Waals surface area contributed by atoms with E-state index < -0.39 is 0 Å². The first-order valence-corrected chi connectivity index (χ1v) is 6.24. The molecule has 0 radical (unpaired) electrons. The van der Waals surface area contributed by atoms with Gasteiger partial charge >= 0.3 is 0 Å². The zero-order valence-electron chi connectivity index (χ0n) is 10.5. The largest absolute Gasteiger partial charge is 0.504 e. The van der Waals surface area contributed by atoms with E-state index in [-0.39, 0.29) is 11.5 Å². The number of nitrogens with one attached hydrogen (secondary N) is 1. The number of para-hydroxylation sites is 1. The first-order chi connectivity index (χ1) is 8.00. The van der Waals surface area contributed by atoms with E-state index in [1.165, 1.54) is 25.3 Å². The van der Waals surface area contributed by atoms with Crippen LogP contribution >= 0.6 is 0 Å². The van der Waals surface area contributed by atoms with Crippen molar-refractivity contribution in [3.05, 3.63) is 23.8 Å². The molecule has 1 unspecified atom stereocenters. The Morgan fingerprint density at radius 3 is 2.76 bits per heavy atom. The third kappa shape index (κ3) is 2.55. The molecule has 0 aliphatic heterocycles. The summed E-state index contributed by atoms with van der Waals surface area (Å²) in [5.74, 6) is -0.0502. The summed E-state index contributed by atoms with van der Waals surface area (Å²) < 4.78 is 0. The number of phenolic OH excluding ortho intramolecular Hbond substituents is 2. The molecule has 1 fully saturated rings. The Balaban J connectivity index is 2.01. The highest BCUT2D eigenvalue weighted by Crippen LogP contribution is 2.37. The van der Waals surface area contributed by atoms with Gasteiger partial charge in [-0.25, -0.2) is 0 Å². The molecule has 0 amide bonds. The summed E-state index contributed by atoms with van der Waals surface area (Å²) in [5, 5.41) is 22.6. The van der Waals surface area contributed by atoms with Gasteiger partial charge in [-0.05, 0) is 24.3 Å². The van der Waals surface area contributed by atoms with Crippen LogP contribution in [0.4, 0.5) is 0 Å². The zero-order chi connectivity index (χ0) is 12.5. The van der Waals surface area contributed by atoms with Crippen LogP contribution in [-0.2, 0) is 6.54 Å². The summed E-state index contributed by atoms with van der Waals surface area (Å²) in [7, 11) is 0. The van der Waals surface area contributed by atoms with Gasteiger partial charge in [0.25, 0.3) is 0 Å². The Morgan fingerprint density at radius 2 is 2.12 bits per heavy atom. The third-order valence-electron chi connectivity index (χ3n) is 3.89. The van der Waals surface area contributed by atoms with Crippen LogP contribution in [0.3, 0.4) is 0 Å². The molecule has 1 aromatic rings. The maximum Gasteiger partial charge on any atom is 0.161 e. The molecule has 17 heavy (non-hydrogen) atoms. The van der Waals surface area contributed by atoms with Crippen molar-refractivity contribution in [3.63, 3.8) is 0 Å². The van der Waals surface area contributed by atoms with Gasteiger partial charge in [0.15, 0.2) is 11.5 Å². The van der Waals surface area contributed by atoms with Crippen molar-refractivity contribution in [2.75, 3.05) is 0 Å². The van der Waals surface area contributed by atoms with Gasteiger partial charge in [-0.2, -0.15) is 0 Å². The van der Waals surface area contributed by atoms with Crippen LogP contribution in [0.1, 0.15) is 38.7 Å². The van der Waals surface area contributed by atoms with Crippen molar-refractivity contribution in [2.45, 2.75) is 45.7 Å². The van der Waals surface area contributed by atoms with Gasteiger partial charge in [-0.1, -0.05) is 32.4 Å². The second kappa shape index (κ2) is 4.57. The number of hydrogen-bond acceptors (Lipinski definition) is 3. The fourth-order valence-electron chi connectivity index (χ4n) is 2.66. The minimum absolute atomic E-state index is 0.00389. The second-order valence-corrected chi connectivity index (χ2v) is 5.60. The normalized spacial score (nSPS) is 22.8. The van der Waals surface area contributed by atoms with Crippen molar-refractivity contribution < 1.29 is 10.2 Å². The van der Waals surface area contributed by atoms with E-state index >= 15 is 0 Å². The van der Waals surface area contributed by atoms with Gasteiger partial charge in [0.2, 0.25) is 0 Å². The molecular weight excluding hydrogens is 214 g/mol. The number of benzene rings is 1. The van der Waals surface area contributed by atoms with Gasteiger partial charge < -0.3 is 15.5 Å². The van der Waals surface area contributed by atoms with Crippen LogP contribution in [0.25, 0.3) is 0 Å². The molecule has 1 atom stereocenters. The van der Waals surface area contributed by atoms with Crippen molar-refractivity contribution >= 4 is 0 Å². The monoisotopic (exact) mass is 235 g/mol. The predicted octanol–water partition coefficient (Wildman–Crippen LogP) is 2.77. The lowest BCUT2D eigenvalue weighted by molar-refractivity contribution is 0.281. The summed E-state index contributed by atoms with van der Waals surface area (Å²) in [4.78, 5) is 0. The highest BCUT2D eigenvalue weighted by atomic mass is 16.3. The van der Waals surface area contributed by atoms with Crippen LogP contribution in [-0.4, -0.2) is 16.3 Å². The Bertz CT molecular complexity index is 401. The molecule has 94 valence electrons. The lowest BCUT2D eigenvalue weighted by Crippen LogP contribution is -2.37. The van der Waals surface area contributed by atoms with Gasteiger partial charge in [-0.15, -0.1) is 0 Å². The Labute approximate surface area is 102 Å². The molecule has 0 aromatic heterocycles. The molecule has 3 heteroatoms. The maximum absolute atomic E-state index is 9.71. The van der Waals surface area contributed by atoms with Crippen LogP contribution in [0.5, 0.6) is 11.5 Å². The lowest BCUT2D eigenvalue weighted by Gasteiger charge is -2.28. The highest BCUT2D eigenvalue weighted by molar-refractivity contribution is 5.44. The predicted molar refractivity (Wildman–Crippen MR) is 68.0 cm³/mol. The van der Waals surface area contributed by atoms with E-state index in [0.717, 1.165) is 5.56 Å². The van der Waals surface area contributed by atoms with Gasteiger partial charge in [0.1, 0.15) is 0 Å². The van der Waals surface area contributed by atoms with E-state index in [4.69, 9.17) is 0 Å². The molecule has 3 N–H and O–H groups in total. The number of aromatic hydroxyl groups is 2. The van der Waals surface area contributed by atoms with Gasteiger partial charge in [0.05, 0.1) is 0 Å². The molecule has 0 heterocycles. The minimum atomic E-state index is -0.0463. The molecular formula is C14H21NO2. The fraction of sp³-hybridized carbons (Fsp3) is 0.571. The quantitative estimate of drug-likeness (QED) is 0.706. The van der Waals surface area contributed by atoms with Crippen molar-refractivity contribution in [2.24, 2.45) is 5.41 Å². The van der Waals surface area contributed by atoms with Crippen molar-refractivity contribution in [1.82, 2.24) is 5.32 Å². The van der Waals surface area contributed by atoms with Crippen LogP contribution in [0, 0.1) is 5.41 Å². The first kappa shape index (κ1) is 12.2. The van der Waals surface area contributed by atoms with E-state index in [0.29, 0.717) is 18.0 Å². The summed E-state index contributed by atoms with van der Waals surface area (Å²) in [6, 6.07) is 5.58. The molecule has 2 rings (SSSR count). The average Bonchev–Trinajstić information content (AvgIpc) is 2.60. The lowest BCUT2D eigenvalue weighted by atomic mass is 9.87. The number of phenols is 2. The van der Waals surface area contributed by atoms with E-state index in [9.17, 15) is 10.2 Å². The molecule has 0 saturated heterocycles. The smallest absolute Gasteiger partial charge is 0.161 e. The summed E-state index contributed by atoms with van der Waals surface area (Å²) >= 11 is 0. The fourth-order valence-corrected chi connectivity index (χ4v) is 2.66. The van der Waals surface area contributed by atoms with Crippen molar-refractivity contribution in [3.8, 4) is 11.5 Å². The third-order valence-corrected chi connectivity index (χ3v) is 3.89. The average molecular weight is 235 g/mol. The van der Waals surface area contributed by atoms with Crippen LogP contribution in [0.15, 0.2) is 18.2 Å². The molecule has 0 spiro atoms.